The van der Waals surface area contributed by atoms with Gasteiger partial charge in [-0.1, -0.05) is 6.07 Å². The Morgan fingerprint density at radius 1 is 1.29 bits per heavy atom. The number of furan rings is 1. The zero-order chi connectivity index (χ0) is 21.9. The first-order valence-electron chi connectivity index (χ1n) is 9.48. The van der Waals surface area contributed by atoms with Crippen LogP contribution in [-0.2, 0) is 16.9 Å². The van der Waals surface area contributed by atoms with Crippen LogP contribution < -0.4 is 15.4 Å². The van der Waals surface area contributed by atoms with Crippen LogP contribution in [0, 0.1) is 12.7 Å². The molecule has 1 saturated heterocycles. The summed E-state index contributed by atoms with van der Waals surface area (Å²) in [4.78, 5) is 43.5. The van der Waals surface area contributed by atoms with Gasteiger partial charge in [0.2, 0.25) is 0 Å². The SMILES string of the molecule is COc1ccc2c(c1F)C(=O)N(CC1(c3cc4c(C)nccc4o3)NC(=O)NC1=O)C2. The molecule has 0 saturated carbocycles. The van der Waals surface area contributed by atoms with Gasteiger partial charge in [0, 0.05) is 23.8 Å². The zero-order valence-electron chi connectivity index (χ0n) is 16.6. The molecule has 0 bridgehead atoms. The number of aryl methyl sites for hydroxylation is 1. The van der Waals surface area contributed by atoms with E-state index in [4.69, 9.17) is 9.15 Å². The molecule has 5 rings (SSSR count). The third-order valence-corrected chi connectivity index (χ3v) is 5.71. The van der Waals surface area contributed by atoms with Gasteiger partial charge in [0.1, 0.15) is 11.3 Å². The Kier molecular flexibility index (Phi) is 4.01. The Bertz CT molecular complexity index is 1290. The van der Waals surface area contributed by atoms with Gasteiger partial charge in [-0.05, 0) is 30.7 Å². The summed E-state index contributed by atoms with van der Waals surface area (Å²) < 4.78 is 25.6. The fraction of sp³-hybridized carbons (Fsp3) is 0.238. The molecule has 0 spiro atoms. The fourth-order valence-corrected chi connectivity index (χ4v) is 4.13. The quantitative estimate of drug-likeness (QED) is 0.619. The molecule has 158 valence electrons. The maximum atomic E-state index is 14.7. The van der Waals surface area contributed by atoms with Crippen LogP contribution in [-0.4, -0.2) is 41.4 Å². The van der Waals surface area contributed by atoms with Crippen molar-refractivity contribution >= 4 is 28.8 Å². The van der Waals surface area contributed by atoms with E-state index in [1.807, 2.05) is 0 Å². The number of urea groups is 1. The topological polar surface area (TPSA) is 114 Å². The minimum atomic E-state index is -1.67. The molecule has 0 aliphatic carbocycles. The number of hydrogen-bond acceptors (Lipinski definition) is 6. The summed E-state index contributed by atoms with van der Waals surface area (Å²) in [7, 11) is 1.31. The highest BCUT2D eigenvalue weighted by atomic mass is 19.1. The summed E-state index contributed by atoms with van der Waals surface area (Å²) in [5.74, 6) is -1.91. The molecule has 1 unspecified atom stereocenters. The summed E-state index contributed by atoms with van der Waals surface area (Å²) in [5.41, 5.74) is -0.133. The minimum Gasteiger partial charge on any atom is -0.494 e. The van der Waals surface area contributed by atoms with Crippen molar-refractivity contribution in [3.8, 4) is 5.75 Å². The molecule has 3 aromatic rings. The van der Waals surface area contributed by atoms with E-state index in [2.05, 4.69) is 15.6 Å². The highest BCUT2D eigenvalue weighted by Gasteiger charge is 2.53. The van der Waals surface area contributed by atoms with Crippen LogP contribution in [0.15, 0.2) is 34.9 Å². The number of fused-ring (bicyclic) bond motifs is 2. The van der Waals surface area contributed by atoms with E-state index in [1.54, 1.807) is 31.3 Å². The van der Waals surface area contributed by atoms with Crippen molar-refractivity contribution in [3.05, 3.63) is 58.9 Å². The Balaban J connectivity index is 1.57. The number of aromatic nitrogens is 1. The van der Waals surface area contributed by atoms with Crippen molar-refractivity contribution in [1.29, 1.82) is 0 Å². The van der Waals surface area contributed by atoms with Crippen LogP contribution in [0.25, 0.3) is 11.0 Å². The number of carbonyl (C=O) groups is 3. The minimum absolute atomic E-state index is 0.0455. The summed E-state index contributed by atoms with van der Waals surface area (Å²) >= 11 is 0. The molecule has 2 aliphatic rings. The van der Waals surface area contributed by atoms with Gasteiger partial charge in [0.25, 0.3) is 11.8 Å². The summed E-state index contributed by atoms with van der Waals surface area (Å²) in [5, 5.41) is 5.49. The van der Waals surface area contributed by atoms with Crippen molar-refractivity contribution in [3.63, 3.8) is 0 Å². The third kappa shape index (κ3) is 2.68. The second-order valence-corrected chi connectivity index (χ2v) is 7.51. The monoisotopic (exact) mass is 424 g/mol. The number of methoxy groups -OCH3 is 1. The molecule has 31 heavy (non-hydrogen) atoms. The summed E-state index contributed by atoms with van der Waals surface area (Å²) in [6, 6.07) is 5.61. The van der Waals surface area contributed by atoms with Crippen LogP contribution in [0.5, 0.6) is 5.75 Å². The van der Waals surface area contributed by atoms with Gasteiger partial charge in [-0.25, -0.2) is 9.18 Å². The smallest absolute Gasteiger partial charge is 0.322 e. The number of amides is 4. The van der Waals surface area contributed by atoms with E-state index in [0.717, 1.165) is 0 Å². The number of carbonyl (C=O) groups excluding carboxylic acids is 3. The maximum absolute atomic E-state index is 14.7. The lowest BCUT2D eigenvalue weighted by Gasteiger charge is -2.29. The predicted molar refractivity (Wildman–Crippen MR) is 105 cm³/mol. The first-order valence-corrected chi connectivity index (χ1v) is 9.48. The first-order chi connectivity index (χ1) is 14.8. The molecular formula is C21H17FN4O5. The van der Waals surface area contributed by atoms with Crippen LogP contribution >= 0.6 is 0 Å². The van der Waals surface area contributed by atoms with E-state index < -0.39 is 29.2 Å². The molecule has 1 atom stereocenters. The van der Waals surface area contributed by atoms with Gasteiger partial charge in [0.05, 0.1) is 19.2 Å². The van der Waals surface area contributed by atoms with E-state index in [1.165, 1.54) is 18.1 Å². The van der Waals surface area contributed by atoms with Gasteiger partial charge in [-0.15, -0.1) is 0 Å². The standard InChI is InChI=1S/C21H17FN4O5/c1-10-12-7-15(31-13(12)5-6-23-10)21(19(28)24-20(29)25-21)9-26-8-11-3-4-14(30-2)17(22)16(11)18(26)27/h3-7H,8-9H2,1-2H3,(H2,24,25,28,29). The van der Waals surface area contributed by atoms with E-state index in [9.17, 15) is 18.8 Å². The van der Waals surface area contributed by atoms with Gasteiger partial charge < -0.3 is 19.4 Å². The zero-order valence-corrected chi connectivity index (χ0v) is 16.6. The Hall–Kier alpha value is -3.95. The van der Waals surface area contributed by atoms with Gasteiger partial charge in [-0.3, -0.25) is 19.9 Å². The van der Waals surface area contributed by atoms with Crippen LogP contribution in [0.4, 0.5) is 9.18 Å². The van der Waals surface area contributed by atoms with Crippen LogP contribution in [0.1, 0.15) is 27.4 Å². The number of nitrogens with zero attached hydrogens (tertiary/aromatic N) is 2. The highest BCUT2D eigenvalue weighted by Crippen LogP contribution is 2.36. The second-order valence-electron chi connectivity index (χ2n) is 7.51. The molecule has 4 heterocycles. The average molecular weight is 424 g/mol. The highest BCUT2D eigenvalue weighted by molar-refractivity contribution is 6.08. The Labute approximate surface area is 175 Å². The van der Waals surface area contributed by atoms with E-state index in [0.29, 0.717) is 22.2 Å². The normalized spacial score (nSPS) is 20.2. The molecule has 2 aliphatic heterocycles. The number of pyridine rings is 1. The third-order valence-electron chi connectivity index (χ3n) is 5.71. The molecular weight excluding hydrogens is 407 g/mol. The molecule has 2 N–H and O–H groups in total. The Morgan fingerprint density at radius 3 is 2.77 bits per heavy atom. The number of imide groups is 1. The number of hydrogen-bond donors (Lipinski definition) is 2. The largest absolute Gasteiger partial charge is 0.494 e. The van der Waals surface area contributed by atoms with Gasteiger partial charge in [0.15, 0.2) is 17.1 Å². The second kappa shape index (κ2) is 6.53. The van der Waals surface area contributed by atoms with Crippen LogP contribution in [0.3, 0.4) is 0 Å². The predicted octanol–water partition coefficient (Wildman–Crippen LogP) is 1.97. The Morgan fingerprint density at radius 2 is 2.10 bits per heavy atom. The van der Waals surface area contributed by atoms with Crippen molar-refractivity contribution in [1.82, 2.24) is 20.5 Å². The molecule has 4 amide bonds. The lowest BCUT2D eigenvalue weighted by molar-refractivity contribution is -0.125. The molecule has 0 radical (unpaired) electrons. The maximum Gasteiger partial charge on any atom is 0.322 e. The molecule has 9 nitrogen and oxygen atoms in total. The number of ether oxygens (including phenoxy) is 1. The van der Waals surface area contributed by atoms with E-state index in [-0.39, 0.29) is 30.2 Å². The lowest BCUT2D eigenvalue weighted by Crippen LogP contribution is -2.52. The van der Waals surface area contributed by atoms with Crippen molar-refractivity contribution < 1.29 is 27.9 Å². The van der Waals surface area contributed by atoms with Gasteiger partial charge in [-0.2, -0.15) is 0 Å². The molecule has 10 heteroatoms. The summed E-state index contributed by atoms with van der Waals surface area (Å²) in [6.45, 7) is 1.62. The lowest BCUT2D eigenvalue weighted by atomic mass is 9.95. The first kappa shape index (κ1) is 19.0. The number of rotatable bonds is 4. The number of halogens is 1. The number of benzene rings is 1. The van der Waals surface area contributed by atoms with Crippen LogP contribution in [0.2, 0.25) is 0 Å². The summed E-state index contributed by atoms with van der Waals surface area (Å²) in [6.07, 6.45) is 1.57. The fourth-order valence-electron chi connectivity index (χ4n) is 4.13. The van der Waals surface area contributed by atoms with Crippen molar-refractivity contribution in [2.24, 2.45) is 0 Å². The molecule has 1 aromatic carbocycles. The van der Waals surface area contributed by atoms with E-state index >= 15 is 0 Å². The van der Waals surface area contributed by atoms with Gasteiger partial charge >= 0.3 is 6.03 Å². The van der Waals surface area contributed by atoms with Crippen molar-refractivity contribution in [2.45, 2.75) is 19.0 Å². The average Bonchev–Trinajstić information content (AvgIpc) is 3.38. The molecule has 1 fully saturated rings. The number of nitrogens with one attached hydrogen (secondary N) is 2. The molecule has 2 aromatic heterocycles. The van der Waals surface area contributed by atoms with Crippen molar-refractivity contribution in [2.75, 3.05) is 13.7 Å².